The molecule has 1 aromatic rings. The van der Waals surface area contributed by atoms with Crippen molar-refractivity contribution in [3.63, 3.8) is 0 Å². The third-order valence-corrected chi connectivity index (χ3v) is 4.07. The zero-order valence-electron chi connectivity index (χ0n) is 12.0. The Bertz CT molecular complexity index is 465. The molecule has 20 heavy (non-hydrogen) atoms. The van der Waals surface area contributed by atoms with Gasteiger partial charge in [0.1, 0.15) is 0 Å². The van der Waals surface area contributed by atoms with Crippen LogP contribution in [0, 0.1) is 0 Å². The van der Waals surface area contributed by atoms with Gasteiger partial charge in [0.2, 0.25) is 5.95 Å². The molecule has 0 aromatic carbocycles. The Balaban J connectivity index is 1.52. The molecule has 1 aromatic heterocycles. The average molecular weight is 273 g/mol. The molecule has 0 unspecified atom stereocenters. The van der Waals surface area contributed by atoms with Crippen LogP contribution in [0.3, 0.4) is 0 Å². The van der Waals surface area contributed by atoms with Crippen LogP contribution in [0.4, 0.5) is 11.8 Å². The fourth-order valence-electron chi connectivity index (χ4n) is 2.91. The van der Waals surface area contributed by atoms with Crippen molar-refractivity contribution in [3.05, 3.63) is 17.8 Å². The van der Waals surface area contributed by atoms with E-state index < -0.39 is 0 Å². The molecule has 5 heteroatoms. The van der Waals surface area contributed by atoms with Crippen LogP contribution in [0.25, 0.3) is 0 Å². The second kappa shape index (κ2) is 6.68. The Labute approximate surface area is 120 Å². The molecule has 0 atom stereocenters. The lowest BCUT2D eigenvalue weighted by Crippen LogP contribution is -2.21. The van der Waals surface area contributed by atoms with Crippen molar-refractivity contribution in [1.29, 1.82) is 0 Å². The van der Waals surface area contributed by atoms with Crippen LogP contribution in [0.1, 0.15) is 44.9 Å². The first-order valence-corrected chi connectivity index (χ1v) is 7.78. The van der Waals surface area contributed by atoms with E-state index in [1.54, 1.807) is 11.8 Å². The van der Waals surface area contributed by atoms with Crippen molar-refractivity contribution in [2.75, 3.05) is 29.9 Å². The average Bonchev–Trinajstić information content (AvgIpc) is 3.03. The lowest BCUT2D eigenvalue weighted by Gasteiger charge is -2.15. The van der Waals surface area contributed by atoms with Crippen LogP contribution in [0.5, 0.6) is 0 Å². The first kappa shape index (κ1) is 13.3. The van der Waals surface area contributed by atoms with E-state index in [1.165, 1.54) is 38.5 Å². The third kappa shape index (κ3) is 3.46. The molecule has 108 valence electrons. The first-order valence-electron chi connectivity index (χ1n) is 7.78. The molecule has 0 saturated carbocycles. The van der Waals surface area contributed by atoms with E-state index in [0.29, 0.717) is 0 Å². The maximum atomic E-state index is 4.56. The van der Waals surface area contributed by atoms with Gasteiger partial charge in [-0.25, -0.2) is 0 Å². The maximum Gasteiger partial charge on any atom is 0.247 e. The molecule has 2 aliphatic rings. The van der Waals surface area contributed by atoms with Crippen LogP contribution in [0.15, 0.2) is 17.8 Å². The van der Waals surface area contributed by atoms with Gasteiger partial charge in [-0.3, -0.25) is 0 Å². The number of hydrogen-bond donors (Lipinski definition) is 1. The molecular formula is C15H23N5. The number of aromatic nitrogens is 3. The molecular weight excluding hydrogens is 250 g/mol. The Kier molecular flexibility index (Phi) is 4.46. The Morgan fingerprint density at radius 3 is 2.85 bits per heavy atom. The van der Waals surface area contributed by atoms with E-state index in [-0.39, 0.29) is 0 Å². The first-order chi connectivity index (χ1) is 9.92. The van der Waals surface area contributed by atoms with Crippen LogP contribution >= 0.6 is 0 Å². The van der Waals surface area contributed by atoms with E-state index in [0.717, 1.165) is 37.8 Å². The fourth-order valence-corrected chi connectivity index (χ4v) is 2.91. The highest BCUT2D eigenvalue weighted by Gasteiger charge is 2.15. The predicted octanol–water partition coefficient (Wildman–Crippen LogP) is 2.77. The summed E-state index contributed by atoms with van der Waals surface area (Å²) in [6.07, 6.45) is 12.9. The summed E-state index contributed by atoms with van der Waals surface area (Å²) in [6, 6.07) is 0. The molecule has 3 rings (SSSR count). The Morgan fingerprint density at radius 2 is 2.05 bits per heavy atom. The molecule has 1 saturated heterocycles. The van der Waals surface area contributed by atoms with Crippen molar-refractivity contribution < 1.29 is 0 Å². The van der Waals surface area contributed by atoms with E-state index in [4.69, 9.17) is 0 Å². The summed E-state index contributed by atoms with van der Waals surface area (Å²) in [6.45, 7) is 3.04. The number of nitrogens with zero attached hydrogens (tertiary/aromatic N) is 4. The highest BCUT2D eigenvalue weighted by Crippen LogP contribution is 2.20. The summed E-state index contributed by atoms with van der Waals surface area (Å²) in [4.78, 5) is 6.77. The van der Waals surface area contributed by atoms with E-state index >= 15 is 0 Å². The smallest absolute Gasteiger partial charge is 0.247 e. The summed E-state index contributed by atoms with van der Waals surface area (Å²) >= 11 is 0. The van der Waals surface area contributed by atoms with E-state index in [1.807, 2.05) is 0 Å². The van der Waals surface area contributed by atoms with Crippen molar-refractivity contribution in [3.8, 4) is 0 Å². The molecule has 0 bridgehead atoms. The molecule has 1 N–H and O–H groups in total. The van der Waals surface area contributed by atoms with Crippen molar-refractivity contribution in [2.24, 2.45) is 0 Å². The molecule has 0 amide bonds. The predicted molar refractivity (Wildman–Crippen MR) is 80.9 cm³/mol. The number of hydrogen-bond acceptors (Lipinski definition) is 5. The van der Waals surface area contributed by atoms with Gasteiger partial charge in [-0.2, -0.15) is 10.1 Å². The van der Waals surface area contributed by atoms with Crippen molar-refractivity contribution in [1.82, 2.24) is 15.2 Å². The largest absolute Gasteiger partial charge is 0.368 e. The molecule has 5 nitrogen and oxygen atoms in total. The summed E-state index contributed by atoms with van der Waals surface area (Å²) in [5.41, 5.74) is 1.59. The van der Waals surface area contributed by atoms with Gasteiger partial charge in [0.25, 0.3) is 0 Å². The van der Waals surface area contributed by atoms with Gasteiger partial charge >= 0.3 is 0 Å². The summed E-state index contributed by atoms with van der Waals surface area (Å²) in [7, 11) is 0. The zero-order valence-corrected chi connectivity index (χ0v) is 12.0. The summed E-state index contributed by atoms with van der Waals surface area (Å²) in [5.74, 6) is 1.61. The molecule has 1 fully saturated rings. The van der Waals surface area contributed by atoms with Crippen LogP contribution < -0.4 is 10.2 Å². The van der Waals surface area contributed by atoms with Gasteiger partial charge < -0.3 is 10.2 Å². The third-order valence-electron chi connectivity index (χ3n) is 4.07. The quantitative estimate of drug-likeness (QED) is 0.836. The minimum absolute atomic E-state index is 0.768. The van der Waals surface area contributed by atoms with Crippen molar-refractivity contribution in [2.45, 2.75) is 44.9 Å². The Hall–Kier alpha value is -1.65. The fraction of sp³-hybridized carbons (Fsp3) is 0.667. The minimum Gasteiger partial charge on any atom is -0.368 e. The monoisotopic (exact) mass is 273 g/mol. The van der Waals surface area contributed by atoms with Gasteiger partial charge in [-0.15, -0.1) is 5.10 Å². The molecule has 2 heterocycles. The van der Waals surface area contributed by atoms with Crippen LogP contribution in [-0.4, -0.2) is 34.8 Å². The van der Waals surface area contributed by atoms with Gasteiger partial charge in [0, 0.05) is 19.6 Å². The molecule has 1 aliphatic carbocycles. The number of nitrogens with one attached hydrogen (secondary N) is 1. The molecule has 0 spiro atoms. The summed E-state index contributed by atoms with van der Waals surface area (Å²) in [5, 5.41) is 11.6. The number of allylic oxidation sites excluding steroid dienone is 1. The van der Waals surface area contributed by atoms with Crippen LogP contribution in [0.2, 0.25) is 0 Å². The highest BCUT2D eigenvalue weighted by atomic mass is 15.3. The van der Waals surface area contributed by atoms with Crippen LogP contribution in [-0.2, 0) is 0 Å². The highest BCUT2D eigenvalue weighted by molar-refractivity contribution is 5.39. The zero-order chi connectivity index (χ0) is 13.6. The molecule has 0 radical (unpaired) electrons. The summed E-state index contributed by atoms with van der Waals surface area (Å²) < 4.78 is 0. The second-order valence-electron chi connectivity index (χ2n) is 5.62. The number of anilines is 2. The van der Waals surface area contributed by atoms with Crippen molar-refractivity contribution >= 4 is 11.8 Å². The van der Waals surface area contributed by atoms with Gasteiger partial charge in [0.15, 0.2) is 5.82 Å². The van der Waals surface area contributed by atoms with Gasteiger partial charge in [0.05, 0.1) is 6.20 Å². The van der Waals surface area contributed by atoms with E-state index in [9.17, 15) is 0 Å². The minimum atomic E-state index is 0.768. The number of rotatable bonds is 5. The lowest BCUT2D eigenvalue weighted by atomic mass is 9.97. The standard InChI is InChI=1S/C15H23N5/c1-2-6-13(7-3-1)8-9-16-14-12-17-19-15(18-14)20-10-4-5-11-20/h6,12H,1-5,7-11H2,(H,16,18,19). The topological polar surface area (TPSA) is 53.9 Å². The van der Waals surface area contributed by atoms with E-state index in [2.05, 4.69) is 31.5 Å². The second-order valence-corrected chi connectivity index (χ2v) is 5.62. The Morgan fingerprint density at radius 1 is 1.15 bits per heavy atom. The van der Waals surface area contributed by atoms with Gasteiger partial charge in [-0.05, 0) is 44.9 Å². The molecule has 1 aliphatic heterocycles. The maximum absolute atomic E-state index is 4.56. The van der Waals surface area contributed by atoms with Gasteiger partial charge in [-0.1, -0.05) is 11.6 Å². The normalized spacial score (nSPS) is 19.0. The SMILES string of the molecule is C1=C(CCNc2cnnc(N3CCCC3)n2)CCCC1. The lowest BCUT2D eigenvalue weighted by molar-refractivity contribution is 0.679.